The number of nitrogens with zero attached hydrogens (tertiary/aromatic N) is 2. The van der Waals surface area contributed by atoms with Gasteiger partial charge in [0.05, 0.1) is 0 Å². The average Bonchev–Trinajstić information content (AvgIpc) is 3.13. The molecule has 5 nitrogen and oxygen atoms in total. The van der Waals surface area contributed by atoms with Gasteiger partial charge in [0.2, 0.25) is 12.6 Å². The number of benzene rings is 5. The first-order valence-corrected chi connectivity index (χ1v) is 17.8. The molecule has 0 radical (unpaired) electrons. The Labute approximate surface area is 325 Å². The van der Waals surface area contributed by atoms with Gasteiger partial charge in [-0.2, -0.15) is 0 Å². The summed E-state index contributed by atoms with van der Waals surface area (Å²) in [5.74, 6) is 4.11. The van der Waals surface area contributed by atoms with E-state index >= 15 is 0 Å². The zero-order valence-electron chi connectivity index (χ0n) is 30.5. The summed E-state index contributed by atoms with van der Waals surface area (Å²) < 4.78 is 19.7. The van der Waals surface area contributed by atoms with Gasteiger partial charge < -0.3 is 19.2 Å². The van der Waals surface area contributed by atoms with Gasteiger partial charge in [0.15, 0.2) is 0 Å². The standard InChI is InChI=1S/C46H37BN2O3.Pt/c1-45(2,3)31-19-21-49-43(26-31)50-33-15-17-40-37(27-33)47-36-22-30(14-16-39(36)51-41-24-32(46(4,5)6)25-42(52-40)44(41)47)38-23-29(18-20-48-38)35-13-9-11-28-10-7-8-12-34(28)35;/h7-21,23-26H,1-6H3;/q-2;+2. The van der Waals surface area contributed by atoms with Crippen molar-refractivity contribution < 1.29 is 35.3 Å². The monoisotopic (exact) mass is 871 g/mol. The molecule has 53 heavy (non-hydrogen) atoms. The Kier molecular flexibility index (Phi) is 8.58. The molecule has 0 fully saturated rings. The number of hydrogen-bond acceptors (Lipinski definition) is 5. The number of hydrogen-bond donors (Lipinski definition) is 0. The molecule has 0 N–H and O–H groups in total. The average molecular weight is 872 g/mol. The zero-order chi connectivity index (χ0) is 35.8. The molecule has 2 aromatic heterocycles. The van der Waals surface area contributed by atoms with E-state index < -0.39 is 0 Å². The van der Waals surface area contributed by atoms with E-state index in [4.69, 9.17) is 19.2 Å². The SMILES string of the molecule is CC(C)(C)c1ccnc(Oc2[c-]c3c(cc2)Oc2cc(C(C)(C)C)cc4c2B3c2[c-]c(-c3cc(-c5cccc6ccccc56)ccn3)ccc2O4)c1.[Pt+2]. The molecule has 0 amide bonds. The molecule has 0 aliphatic carbocycles. The van der Waals surface area contributed by atoms with Crippen molar-refractivity contribution >= 4 is 33.9 Å². The fraction of sp³-hybridized carbons (Fsp3) is 0.174. The van der Waals surface area contributed by atoms with Crippen molar-refractivity contribution in [3.8, 4) is 57.0 Å². The molecule has 0 atom stereocenters. The topological polar surface area (TPSA) is 53.5 Å². The summed E-state index contributed by atoms with van der Waals surface area (Å²) in [5, 5.41) is 2.41. The molecule has 5 aromatic carbocycles. The van der Waals surface area contributed by atoms with Crippen LogP contribution in [0.2, 0.25) is 0 Å². The van der Waals surface area contributed by atoms with Crippen LogP contribution in [-0.4, -0.2) is 16.7 Å². The van der Waals surface area contributed by atoms with Gasteiger partial charge in [-0.1, -0.05) is 90.1 Å². The largest absolute Gasteiger partial charge is 2.00 e. The van der Waals surface area contributed by atoms with Gasteiger partial charge in [0.1, 0.15) is 11.5 Å². The molecular formula is C46H37BN2O3Pt. The van der Waals surface area contributed by atoms with Crippen LogP contribution in [0.3, 0.4) is 0 Å². The summed E-state index contributed by atoms with van der Waals surface area (Å²) in [5.41, 5.74) is 8.83. The second kappa shape index (κ2) is 13.0. The third-order valence-corrected chi connectivity index (χ3v) is 10.1. The molecular weight excluding hydrogens is 834 g/mol. The predicted octanol–water partition coefficient (Wildman–Crippen LogP) is 9.68. The summed E-state index contributed by atoms with van der Waals surface area (Å²) in [6.45, 7) is 12.9. The van der Waals surface area contributed by atoms with Crippen molar-refractivity contribution in [3.05, 3.63) is 139 Å². The first kappa shape index (κ1) is 34.9. The zero-order valence-corrected chi connectivity index (χ0v) is 32.8. The Morgan fingerprint density at radius 3 is 2.06 bits per heavy atom. The molecule has 9 rings (SSSR count). The Hall–Kier alpha value is -5.19. The van der Waals surface area contributed by atoms with Crippen LogP contribution in [-0.2, 0) is 31.9 Å². The molecule has 0 spiro atoms. The van der Waals surface area contributed by atoms with E-state index in [1.807, 2.05) is 42.6 Å². The second-order valence-corrected chi connectivity index (χ2v) is 15.7. The van der Waals surface area contributed by atoms with Crippen LogP contribution in [0.25, 0.3) is 33.2 Å². The van der Waals surface area contributed by atoms with E-state index in [9.17, 15) is 0 Å². The molecule has 2 aliphatic rings. The summed E-state index contributed by atoms with van der Waals surface area (Å²) in [6.07, 6.45) is 3.67. The summed E-state index contributed by atoms with van der Waals surface area (Å²) in [4.78, 5) is 9.34. The Balaban J connectivity index is 0.00000400. The van der Waals surface area contributed by atoms with Gasteiger partial charge in [-0.05, 0) is 73.8 Å². The molecule has 0 saturated heterocycles. The molecule has 0 bridgehead atoms. The number of rotatable bonds is 4. The van der Waals surface area contributed by atoms with Gasteiger partial charge in [0, 0.05) is 41.2 Å². The van der Waals surface area contributed by atoms with E-state index in [1.54, 1.807) is 6.20 Å². The van der Waals surface area contributed by atoms with Crippen molar-refractivity contribution in [2.45, 2.75) is 52.4 Å². The van der Waals surface area contributed by atoms with Crippen molar-refractivity contribution in [3.63, 3.8) is 0 Å². The van der Waals surface area contributed by atoms with Gasteiger partial charge in [0.25, 0.3) is 0 Å². The number of aromatic nitrogens is 2. The fourth-order valence-corrected chi connectivity index (χ4v) is 7.21. The van der Waals surface area contributed by atoms with E-state index in [2.05, 4.69) is 125 Å². The Bertz CT molecular complexity index is 2530. The third-order valence-electron chi connectivity index (χ3n) is 10.1. The number of ether oxygens (including phenoxy) is 3. The molecule has 7 aromatic rings. The van der Waals surface area contributed by atoms with E-state index in [0.29, 0.717) is 11.6 Å². The molecule has 0 saturated carbocycles. The minimum Gasteiger partial charge on any atom is -0.518 e. The Morgan fingerprint density at radius 2 is 1.30 bits per heavy atom. The van der Waals surface area contributed by atoms with Crippen molar-refractivity contribution in [1.29, 1.82) is 0 Å². The molecule has 4 heterocycles. The van der Waals surface area contributed by atoms with Crippen LogP contribution in [0.5, 0.6) is 34.6 Å². The first-order chi connectivity index (χ1) is 25.0. The van der Waals surface area contributed by atoms with Crippen LogP contribution in [0.1, 0.15) is 52.7 Å². The van der Waals surface area contributed by atoms with Crippen LogP contribution in [0.15, 0.2) is 116 Å². The number of fused-ring (bicyclic) bond motifs is 5. The van der Waals surface area contributed by atoms with Crippen molar-refractivity contribution in [2.75, 3.05) is 0 Å². The first-order valence-electron chi connectivity index (χ1n) is 17.8. The molecule has 0 unspecified atom stereocenters. The maximum Gasteiger partial charge on any atom is 2.00 e. The van der Waals surface area contributed by atoms with Crippen LogP contribution >= 0.6 is 0 Å². The predicted molar refractivity (Wildman–Crippen MR) is 210 cm³/mol. The van der Waals surface area contributed by atoms with Crippen LogP contribution in [0, 0.1) is 12.1 Å². The fourth-order valence-electron chi connectivity index (χ4n) is 7.21. The van der Waals surface area contributed by atoms with Gasteiger partial charge in [-0.25, -0.2) is 4.98 Å². The summed E-state index contributed by atoms with van der Waals surface area (Å²) in [6, 6.07) is 42.7. The summed E-state index contributed by atoms with van der Waals surface area (Å²) >= 11 is 0. The van der Waals surface area contributed by atoms with Gasteiger partial charge >= 0.3 is 21.1 Å². The molecule has 262 valence electrons. The van der Waals surface area contributed by atoms with Crippen LogP contribution < -0.4 is 30.6 Å². The summed E-state index contributed by atoms with van der Waals surface area (Å²) in [7, 11) is 0. The molecule has 2 aliphatic heterocycles. The third kappa shape index (κ3) is 6.34. The van der Waals surface area contributed by atoms with E-state index in [1.165, 1.54) is 16.3 Å². The van der Waals surface area contributed by atoms with Crippen molar-refractivity contribution in [2.24, 2.45) is 0 Å². The van der Waals surface area contributed by atoms with Crippen molar-refractivity contribution in [1.82, 2.24) is 9.97 Å². The van der Waals surface area contributed by atoms with Crippen LogP contribution in [0.4, 0.5) is 0 Å². The minimum absolute atomic E-state index is 0. The molecule has 7 heteroatoms. The smallest absolute Gasteiger partial charge is 0.518 e. The van der Waals surface area contributed by atoms with Gasteiger partial charge in [-0.3, -0.25) is 0 Å². The normalized spacial score (nSPS) is 12.8. The maximum atomic E-state index is 6.69. The van der Waals surface area contributed by atoms with Gasteiger partial charge in [-0.15, -0.1) is 52.9 Å². The van der Waals surface area contributed by atoms with E-state index in [0.717, 1.165) is 67.3 Å². The Morgan fingerprint density at radius 1 is 0.623 bits per heavy atom. The maximum absolute atomic E-state index is 6.69. The van der Waals surface area contributed by atoms with E-state index in [-0.39, 0.29) is 38.6 Å². The second-order valence-electron chi connectivity index (χ2n) is 15.7. The quantitative estimate of drug-likeness (QED) is 0.130. The number of pyridine rings is 2. The minimum atomic E-state index is -0.259.